The number of nitrogens with two attached hydrogens (primary N) is 1. The highest BCUT2D eigenvalue weighted by Crippen LogP contribution is 2.13. The van der Waals surface area contributed by atoms with Gasteiger partial charge in [0.05, 0.1) is 0 Å². The lowest BCUT2D eigenvalue weighted by Crippen LogP contribution is -2.12. The van der Waals surface area contributed by atoms with E-state index in [9.17, 15) is 4.79 Å². The van der Waals surface area contributed by atoms with Crippen LogP contribution in [0.4, 0.5) is 5.82 Å². The third-order valence-electron chi connectivity index (χ3n) is 2.95. The van der Waals surface area contributed by atoms with Crippen molar-refractivity contribution in [2.45, 2.75) is 19.8 Å². The molecular formula is C14H15BrN2O. The summed E-state index contributed by atoms with van der Waals surface area (Å²) in [5.74, 6) is 0.465. The van der Waals surface area contributed by atoms with Crippen molar-refractivity contribution in [3.63, 3.8) is 0 Å². The molecular weight excluding hydrogens is 292 g/mol. The molecule has 18 heavy (non-hydrogen) atoms. The van der Waals surface area contributed by atoms with E-state index in [2.05, 4.69) is 33.0 Å². The van der Waals surface area contributed by atoms with Crippen molar-refractivity contribution >= 4 is 21.7 Å². The Kier molecular flexibility index (Phi) is 3.87. The molecule has 1 aromatic heterocycles. The standard InChI is InChI=1S/C14H15BrN2O/c1-9-13(18)8-12(17-14(9)16)6-5-10-3-2-4-11(15)7-10/h2-4,7-8H,5-6H2,1H3,(H3,16,17,18). The number of pyridine rings is 1. The molecule has 3 nitrogen and oxygen atoms in total. The van der Waals surface area contributed by atoms with Crippen LogP contribution in [0.25, 0.3) is 0 Å². The Morgan fingerprint density at radius 1 is 1.28 bits per heavy atom. The van der Waals surface area contributed by atoms with E-state index in [-0.39, 0.29) is 5.43 Å². The molecule has 0 bridgehead atoms. The van der Waals surface area contributed by atoms with Gasteiger partial charge in [-0.05, 0) is 37.5 Å². The first-order valence-electron chi connectivity index (χ1n) is 5.79. The van der Waals surface area contributed by atoms with E-state index in [0.717, 1.165) is 23.0 Å². The monoisotopic (exact) mass is 306 g/mol. The van der Waals surface area contributed by atoms with E-state index in [1.165, 1.54) is 5.56 Å². The van der Waals surface area contributed by atoms with Gasteiger partial charge in [-0.1, -0.05) is 28.1 Å². The SMILES string of the molecule is Cc1c(N)[nH]c(CCc2cccc(Br)c2)cc1=O. The fraction of sp³-hybridized carbons (Fsp3) is 0.214. The lowest BCUT2D eigenvalue weighted by Gasteiger charge is -2.06. The van der Waals surface area contributed by atoms with Crippen LogP contribution in [0.15, 0.2) is 39.6 Å². The number of H-pyrrole nitrogens is 1. The molecule has 0 saturated heterocycles. The zero-order valence-electron chi connectivity index (χ0n) is 10.2. The molecule has 94 valence electrons. The highest BCUT2D eigenvalue weighted by atomic mass is 79.9. The van der Waals surface area contributed by atoms with Crippen LogP contribution < -0.4 is 11.2 Å². The molecule has 0 radical (unpaired) electrons. The van der Waals surface area contributed by atoms with Gasteiger partial charge in [-0.25, -0.2) is 0 Å². The third kappa shape index (κ3) is 3.01. The van der Waals surface area contributed by atoms with Crippen LogP contribution in [0.3, 0.4) is 0 Å². The van der Waals surface area contributed by atoms with E-state index in [4.69, 9.17) is 5.73 Å². The first-order valence-corrected chi connectivity index (χ1v) is 6.58. The molecule has 0 saturated carbocycles. The number of nitrogen functional groups attached to an aromatic ring is 1. The number of benzene rings is 1. The van der Waals surface area contributed by atoms with Gasteiger partial charge in [0.1, 0.15) is 5.82 Å². The average Bonchev–Trinajstić information content (AvgIpc) is 2.33. The highest BCUT2D eigenvalue weighted by Gasteiger charge is 2.03. The van der Waals surface area contributed by atoms with Crippen LogP contribution >= 0.6 is 15.9 Å². The van der Waals surface area contributed by atoms with Gasteiger partial charge in [0.25, 0.3) is 0 Å². The van der Waals surface area contributed by atoms with Crippen LogP contribution in [-0.4, -0.2) is 4.98 Å². The van der Waals surface area contributed by atoms with Crippen molar-refractivity contribution < 1.29 is 0 Å². The second kappa shape index (κ2) is 5.40. The van der Waals surface area contributed by atoms with Crippen LogP contribution in [0.2, 0.25) is 0 Å². The van der Waals surface area contributed by atoms with Gasteiger partial charge in [0, 0.05) is 21.8 Å². The van der Waals surface area contributed by atoms with Crippen molar-refractivity contribution in [3.8, 4) is 0 Å². The molecule has 1 aromatic carbocycles. The van der Waals surface area contributed by atoms with Crippen molar-refractivity contribution in [2.75, 3.05) is 5.73 Å². The molecule has 0 atom stereocenters. The van der Waals surface area contributed by atoms with Gasteiger partial charge in [0.15, 0.2) is 5.43 Å². The second-order valence-electron chi connectivity index (χ2n) is 4.33. The molecule has 4 heteroatoms. The Labute approximate surface area is 114 Å². The van der Waals surface area contributed by atoms with E-state index in [1.54, 1.807) is 13.0 Å². The van der Waals surface area contributed by atoms with Crippen molar-refractivity contribution in [1.29, 1.82) is 0 Å². The molecule has 0 spiro atoms. The van der Waals surface area contributed by atoms with E-state index >= 15 is 0 Å². The number of halogens is 1. The lowest BCUT2D eigenvalue weighted by molar-refractivity contribution is 0.910. The molecule has 3 N–H and O–H groups in total. The highest BCUT2D eigenvalue weighted by molar-refractivity contribution is 9.10. The zero-order valence-corrected chi connectivity index (χ0v) is 11.8. The first-order chi connectivity index (χ1) is 8.56. The predicted octanol–water partition coefficient (Wildman–Crippen LogP) is 2.81. The summed E-state index contributed by atoms with van der Waals surface area (Å²) in [6.07, 6.45) is 1.65. The van der Waals surface area contributed by atoms with Crippen LogP contribution in [0.5, 0.6) is 0 Å². The summed E-state index contributed by atoms with van der Waals surface area (Å²) < 4.78 is 1.07. The Morgan fingerprint density at radius 2 is 2.06 bits per heavy atom. The molecule has 2 rings (SSSR count). The molecule has 0 fully saturated rings. The van der Waals surface area contributed by atoms with E-state index in [0.29, 0.717) is 11.4 Å². The normalized spacial score (nSPS) is 10.6. The largest absolute Gasteiger partial charge is 0.385 e. The van der Waals surface area contributed by atoms with Gasteiger partial charge in [-0.15, -0.1) is 0 Å². The summed E-state index contributed by atoms with van der Waals surface area (Å²) in [5.41, 5.74) is 8.44. The summed E-state index contributed by atoms with van der Waals surface area (Å²) in [6, 6.07) is 9.78. The number of rotatable bonds is 3. The molecule has 2 aromatic rings. The Morgan fingerprint density at radius 3 is 2.72 bits per heavy atom. The van der Waals surface area contributed by atoms with Crippen molar-refractivity contribution in [3.05, 3.63) is 61.8 Å². The van der Waals surface area contributed by atoms with Gasteiger partial charge >= 0.3 is 0 Å². The Hall–Kier alpha value is -1.55. The topological polar surface area (TPSA) is 58.9 Å². The van der Waals surface area contributed by atoms with E-state index < -0.39 is 0 Å². The number of aryl methyl sites for hydroxylation is 2. The van der Waals surface area contributed by atoms with Gasteiger partial charge < -0.3 is 10.7 Å². The summed E-state index contributed by atoms with van der Waals surface area (Å²) in [4.78, 5) is 14.7. The maximum atomic E-state index is 11.6. The fourth-order valence-corrected chi connectivity index (χ4v) is 2.25. The summed E-state index contributed by atoms with van der Waals surface area (Å²) in [7, 11) is 0. The molecule has 0 amide bonds. The van der Waals surface area contributed by atoms with Crippen LogP contribution in [0, 0.1) is 6.92 Å². The van der Waals surface area contributed by atoms with Crippen molar-refractivity contribution in [1.82, 2.24) is 4.98 Å². The Balaban J connectivity index is 2.14. The van der Waals surface area contributed by atoms with Crippen LogP contribution in [0.1, 0.15) is 16.8 Å². The lowest BCUT2D eigenvalue weighted by atomic mass is 10.1. The van der Waals surface area contributed by atoms with Crippen LogP contribution in [-0.2, 0) is 12.8 Å². The number of anilines is 1. The number of aromatic nitrogens is 1. The minimum atomic E-state index is -0.00417. The molecule has 0 aliphatic rings. The minimum Gasteiger partial charge on any atom is -0.385 e. The summed E-state index contributed by atoms with van der Waals surface area (Å²) >= 11 is 3.44. The number of aromatic amines is 1. The predicted molar refractivity (Wildman–Crippen MR) is 77.8 cm³/mol. The maximum Gasteiger partial charge on any atom is 0.186 e. The molecule has 0 unspecified atom stereocenters. The average molecular weight is 307 g/mol. The van der Waals surface area contributed by atoms with Gasteiger partial charge in [-0.2, -0.15) is 0 Å². The zero-order chi connectivity index (χ0) is 13.1. The fourth-order valence-electron chi connectivity index (χ4n) is 1.81. The minimum absolute atomic E-state index is 0.00417. The van der Waals surface area contributed by atoms with E-state index in [1.807, 2.05) is 12.1 Å². The first kappa shape index (κ1) is 12.9. The Bertz CT molecular complexity index is 619. The molecule has 0 aliphatic carbocycles. The number of nitrogens with one attached hydrogen (secondary N) is 1. The second-order valence-corrected chi connectivity index (χ2v) is 5.24. The maximum absolute atomic E-state index is 11.6. The number of hydrogen-bond donors (Lipinski definition) is 2. The third-order valence-corrected chi connectivity index (χ3v) is 3.44. The summed E-state index contributed by atoms with van der Waals surface area (Å²) in [6.45, 7) is 1.73. The van der Waals surface area contributed by atoms with Gasteiger partial charge in [0.2, 0.25) is 0 Å². The molecule has 1 heterocycles. The molecule has 0 aliphatic heterocycles. The number of hydrogen-bond acceptors (Lipinski definition) is 2. The summed E-state index contributed by atoms with van der Waals surface area (Å²) in [5, 5.41) is 0. The smallest absolute Gasteiger partial charge is 0.186 e. The van der Waals surface area contributed by atoms with Gasteiger partial charge in [-0.3, -0.25) is 4.79 Å². The van der Waals surface area contributed by atoms with Crippen molar-refractivity contribution in [2.24, 2.45) is 0 Å². The quantitative estimate of drug-likeness (QED) is 0.916.